The number of benzene rings is 1. The van der Waals surface area contributed by atoms with Gasteiger partial charge in [-0.05, 0) is 35.9 Å². The molecule has 0 aliphatic heterocycles. The molecule has 1 heterocycles. The smallest absolute Gasteiger partial charge is 0.288 e. The van der Waals surface area contributed by atoms with Crippen molar-refractivity contribution in [3.63, 3.8) is 0 Å². The number of carbonyl (C=O) groups is 1. The van der Waals surface area contributed by atoms with Crippen LogP contribution in [0.3, 0.4) is 0 Å². The molecule has 1 aromatic carbocycles. The Balaban J connectivity index is 1.93. The van der Waals surface area contributed by atoms with Crippen molar-refractivity contribution in [3.05, 3.63) is 59.3 Å². The summed E-state index contributed by atoms with van der Waals surface area (Å²) in [7, 11) is 0. The molecule has 2 aromatic rings. The van der Waals surface area contributed by atoms with E-state index in [0.717, 1.165) is 5.56 Å². The molecule has 0 saturated heterocycles. The summed E-state index contributed by atoms with van der Waals surface area (Å²) < 4.78 is 24.4. The number of pyridine rings is 1. The SMILES string of the molecule is O=C(C=Cc1ccc(SC(F)F)cc1)Nc1ccc(Cl)cn1. The monoisotopic (exact) mass is 340 g/mol. The lowest BCUT2D eigenvalue weighted by Gasteiger charge is -2.01. The number of hydrogen-bond acceptors (Lipinski definition) is 3. The third-order valence-corrected chi connectivity index (χ3v) is 3.46. The van der Waals surface area contributed by atoms with E-state index in [2.05, 4.69) is 10.3 Å². The topological polar surface area (TPSA) is 42.0 Å². The van der Waals surface area contributed by atoms with Crippen molar-refractivity contribution >= 4 is 41.2 Å². The Hall–Kier alpha value is -1.92. The highest BCUT2D eigenvalue weighted by atomic mass is 35.5. The fourth-order valence-corrected chi connectivity index (χ4v) is 2.16. The van der Waals surface area contributed by atoms with Crippen LogP contribution < -0.4 is 5.32 Å². The number of alkyl halides is 2. The zero-order valence-electron chi connectivity index (χ0n) is 11.2. The van der Waals surface area contributed by atoms with Crippen molar-refractivity contribution in [1.29, 1.82) is 0 Å². The molecule has 0 atom stereocenters. The van der Waals surface area contributed by atoms with Crippen LogP contribution in [0.2, 0.25) is 5.02 Å². The van der Waals surface area contributed by atoms with E-state index in [1.807, 2.05) is 0 Å². The Kier molecular flexibility index (Phi) is 5.91. The summed E-state index contributed by atoms with van der Waals surface area (Å²) in [4.78, 5) is 16.1. The second kappa shape index (κ2) is 7.91. The molecule has 0 fully saturated rings. The van der Waals surface area contributed by atoms with E-state index in [1.165, 1.54) is 12.3 Å². The van der Waals surface area contributed by atoms with E-state index in [-0.39, 0.29) is 5.91 Å². The van der Waals surface area contributed by atoms with Gasteiger partial charge in [-0.25, -0.2) is 4.98 Å². The molecule has 114 valence electrons. The van der Waals surface area contributed by atoms with Gasteiger partial charge in [-0.2, -0.15) is 8.78 Å². The molecule has 22 heavy (non-hydrogen) atoms. The molecule has 0 bridgehead atoms. The van der Waals surface area contributed by atoms with Gasteiger partial charge in [-0.3, -0.25) is 4.79 Å². The molecule has 0 saturated carbocycles. The zero-order chi connectivity index (χ0) is 15.9. The molecule has 7 heteroatoms. The van der Waals surface area contributed by atoms with E-state index in [1.54, 1.807) is 42.5 Å². The molecular weight excluding hydrogens is 330 g/mol. The number of amides is 1. The van der Waals surface area contributed by atoms with Gasteiger partial charge in [0.05, 0.1) is 5.02 Å². The van der Waals surface area contributed by atoms with Crippen molar-refractivity contribution in [2.24, 2.45) is 0 Å². The molecule has 0 unspecified atom stereocenters. The average molecular weight is 341 g/mol. The fraction of sp³-hybridized carbons (Fsp3) is 0.0667. The van der Waals surface area contributed by atoms with Gasteiger partial charge in [0.2, 0.25) is 5.91 Å². The number of thioether (sulfide) groups is 1. The van der Waals surface area contributed by atoms with E-state index < -0.39 is 5.76 Å². The minimum atomic E-state index is -2.45. The van der Waals surface area contributed by atoms with E-state index in [9.17, 15) is 13.6 Å². The van der Waals surface area contributed by atoms with Gasteiger partial charge in [0.1, 0.15) is 5.82 Å². The van der Waals surface area contributed by atoms with Crippen molar-refractivity contribution in [2.75, 3.05) is 5.32 Å². The van der Waals surface area contributed by atoms with E-state index in [0.29, 0.717) is 27.5 Å². The van der Waals surface area contributed by atoms with Crippen LogP contribution in [0.25, 0.3) is 6.08 Å². The van der Waals surface area contributed by atoms with Crippen molar-refractivity contribution in [1.82, 2.24) is 4.98 Å². The number of nitrogens with one attached hydrogen (secondary N) is 1. The molecule has 0 spiro atoms. The maximum atomic E-state index is 12.2. The number of carbonyl (C=O) groups excluding carboxylic acids is 1. The summed E-state index contributed by atoms with van der Waals surface area (Å²) >= 11 is 6.17. The summed E-state index contributed by atoms with van der Waals surface area (Å²) in [6, 6.07) is 9.69. The molecule has 0 radical (unpaired) electrons. The molecule has 0 aliphatic rings. The largest absolute Gasteiger partial charge is 0.307 e. The first-order valence-electron chi connectivity index (χ1n) is 6.18. The minimum absolute atomic E-state index is 0.346. The fourth-order valence-electron chi connectivity index (χ4n) is 1.55. The number of rotatable bonds is 5. The molecule has 1 aromatic heterocycles. The first-order chi connectivity index (χ1) is 10.5. The number of hydrogen-bond donors (Lipinski definition) is 1. The zero-order valence-corrected chi connectivity index (χ0v) is 12.7. The predicted molar refractivity (Wildman–Crippen MR) is 85.2 cm³/mol. The predicted octanol–water partition coefficient (Wildman–Crippen LogP) is 4.70. The Bertz CT molecular complexity index is 660. The van der Waals surface area contributed by atoms with E-state index >= 15 is 0 Å². The highest BCUT2D eigenvalue weighted by Crippen LogP contribution is 2.25. The van der Waals surface area contributed by atoms with Crippen LogP contribution in [0.1, 0.15) is 5.56 Å². The third kappa shape index (κ3) is 5.46. The summed E-state index contributed by atoms with van der Waals surface area (Å²) in [6.45, 7) is 0. The molecule has 3 nitrogen and oxygen atoms in total. The van der Waals surface area contributed by atoms with Crippen LogP contribution in [-0.2, 0) is 4.79 Å². The molecule has 2 rings (SSSR count). The number of aromatic nitrogens is 1. The molecule has 0 aliphatic carbocycles. The maximum absolute atomic E-state index is 12.2. The standard InChI is InChI=1S/C15H11ClF2N2OS/c16-11-4-7-13(19-9-11)20-14(21)8-3-10-1-5-12(6-2-10)22-15(17)18/h1-9,15H,(H,19,20,21). The normalized spacial score (nSPS) is 11.1. The van der Waals surface area contributed by atoms with E-state index in [4.69, 9.17) is 11.6 Å². The lowest BCUT2D eigenvalue weighted by molar-refractivity contribution is -0.111. The summed E-state index contributed by atoms with van der Waals surface area (Å²) in [5.74, 6) is -2.40. The molecular formula is C15H11ClF2N2OS. The Morgan fingerprint density at radius 3 is 2.55 bits per heavy atom. The van der Waals surface area contributed by atoms with Crippen LogP contribution >= 0.6 is 23.4 Å². The highest BCUT2D eigenvalue weighted by molar-refractivity contribution is 7.99. The van der Waals surface area contributed by atoms with Crippen LogP contribution in [-0.4, -0.2) is 16.6 Å². The van der Waals surface area contributed by atoms with Crippen LogP contribution in [0.4, 0.5) is 14.6 Å². The van der Waals surface area contributed by atoms with Gasteiger partial charge in [0.25, 0.3) is 5.76 Å². The van der Waals surface area contributed by atoms with Gasteiger partial charge in [0.15, 0.2) is 0 Å². The second-order valence-electron chi connectivity index (χ2n) is 4.13. The van der Waals surface area contributed by atoms with Crippen molar-refractivity contribution in [2.45, 2.75) is 10.7 Å². The Labute approximate surface area is 135 Å². The minimum Gasteiger partial charge on any atom is -0.307 e. The lowest BCUT2D eigenvalue weighted by Crippen LogP contribution is -2.08. The van der Waals surface area contributed by atoms with Gasteiger partial charge >= 0.3 is 0 Å². The maximum Gasteiger partial charge on any atom is 0.288 e. The molecule has 1 amide bonds. The second-order valence-corrected chi connectivity index (χ2v) is 5.63. The number of nitrogens with zero attached hydrogens (tertiary/aromatic N) is 1. The first-order valence-corrected chi connectivity index (χ1v) is 7.44. The summed E-state index contributed by atoms with van der Waals surface area (Å²) in [6.07, 6.45) is 4.36. The molecule has 1 N–H and O–H groups in total. The van der Waals surface area contributed by atoms with Crippen LogP contribution in [0.15, 0.2) is 53.6 Å². The number of halogens is 3. The van der Waals surface area contributed by atoms with Gasteiger partial charge < -0.3 is 5.32 Å². The quantitative estimate of drug-likeness (QED) is 0.633. The van der Waals surface area contributed by atoms with Gasteiger partial charge in [-0.1, -0.05) is 35.5 Å². The average Bonchev–Trinajstić information content (AvgIpc) is 2.48. The highest BCUT2D eigenvalue weighted by Gasteiger charge is 2.04. The summed E-state index contributed by atoms with van der Waals surface area (Å²) in [5, 5.41) is 3.06. The lowest BCUT2D eigenvalue weighted by atomic mass is 10.2. The summed E-state index contributed by atoms with van der Waals surface area (Å²) in [5.41, 5.74) is 0.734. The van der Waals surface area contributed by atoms with Gasteiger partial charge in [-0.15, -0.1) is 0 Å². The van der Waals surface area contributed by atoms with Gasteiger partial charge in [0, 0.05) is 17.2 Å². The van der Waals surface area contributed by atoms with Crippen molar-refractivity contribution < 1.29 is 13.6 Å². The first kappa shape index (κ1) is 16.5. The Morgan fingerprint density at radius 2 is 1.95 bits per heavy atom. The van der Waals surface area contributed by atoms with Crippen LogP contribution in [0, 0.1) is 0 Å². The Morgan fingerprint density at radius 1 is 1.23 bits per heavy atom. The van der Waals surface area contributed by atoms with Crippen molar-refractivity contribution in [3.8, 4) is 0 Å². The van der Waals surface area contributed by atoms with Crippen LogP contribution in [0.5, 0.6) is 0 Å². The number of anilines is 1. The third-order valence-electron chi connectivity index (χ3n) is 2.51.